The number of nitrogens with zero attached hydrogens (tertiary/aromatic N) is 2. The van der Waals surface area contributed by atoms with Gasteiger partial charge in [0.25, 0.3) is 0 Å². The molecule has 0 aromatic carbocycles. The Morgan fingerprint density at radius 3 is 2.60 bits per heavy atom. The molecule has 0 radical (unpaired) electrons. The van der Waals surface area contributed by atoms with E-state index in [0.717, 1.165) is 25.5 Å². The molecule has 8 heteroatoms. The smallest absolute Gasteiger partial charge is 0.364 e. The van der Waals surface area contributed by atoms with Gasteiger partial charge < -0.3 is 11.1 Å². The van der Waals surface area contributed by atoms with Crippen LogP contribution in [0.15, 0.2) is 6.20 Å². The van der Waals surface area contributed by atoms with Gasteiger partial charge in [0.2, 0.25) is 0 Å². The van der Waals surface area contributed by atoms with Gasteiger partial charge in [0.05, 0.1) is 11.9 Å². The maximum absolute atomic E-state index is 12.6. The molecule has 1 heterocycles. The Balaban J connectivity index is 0.00000200. The molecule has 0 bridgehead atoms. The van der Waals surface area contributed by atoms with Gasteiger partial charge in [0.1, 0.15) is 5.82 Å². The number of hydrogen-bond acceptors (Lipinski definition) is 4. The Kier molecular flexibility index (Phi) is 5.59. The lowest BCUT2D eigenvalue weighted by atomic mass is 10.2. The van der Waals surface area contributed by atoms with E-state index in [0.29, 0.717) is 17.9 Å². The largest absolute Gasteiger partial charge is 0.434 e. The molecular formula is C12H18ClF3N4. The lowest BCUT2D eigenvalue weighted by molar-refractivity contribution is -0.141. The summed E-state index contributed by atoms with van der Waals surface area (Å²) in [5.41, 5.74) is 5.30. The summed E-state index contributed by atoms with van der Waals surface area (Å²) in [6, 6.07) is 0.0881. The van der Waals surface area contributed by atoms with Gasteiger partial charge in [-0.25, -0.2) is 9.97 Å². The van der Waals surface area contributed by atoms with Crippen LogP contribution in [0, 0.1) is 0 Å². The summed E-state index contributed by atoms with van der Waals surface area (Å²) in [5, 5.41) is 3.12. The van der Waals surface area contributed by atoms with Crippen LogP contribution in [0.5, 0.6) is 0 Å². The number of nitrogens with one attached hydrogen (secondary N) is 1. The van der Waals surface area contributed by atoms with Crippen LogP contribution in [0.1, 0.15) is 37.6 Å². The van der Waals surface area contributed by atoms with Gasteiger partial charge in [-0.3, -0.25) is 0 Å². The quantitative estimate of drug-likeness (QED) is 0.901. The summed E-state index contributed by atoms with van der Waals surface area (Å²) in [6.45, 7) is 1.75. The molecule has 1 saturated carbocycles. The Labute approximate surface area is 121 Å². The molecule has 1 fully saturated rings. The number of alkyl halides is 3. The molecule has 0 aliphatic heterocycles. The normalized spacial score (nSPS) is 22.4. The van der Waals surface area contributed by atoms with Crippen molar-refractivity contribution in [2.24, 2.45) is 5.73 Å². The van der Waals surface area contributed by atoms with Gasteiger partial charge in [-0.2, -0.15) is 13.2 Å². The van der Waals surface area contributed by atoms with Crippen LogP contribution >= 0.6 is 12.4 Å². The highest BCUT2D eigenvalue weighted by Gasteiger charge is 2.34. The molecular weight excluding hydrogens is 293 g/mol. The molecule has 0 unspecified atom stereocenters. The van der Waals surface area contributed by atoms with Crippen molar-refractivity contribution in [2.75, 3.05) is 5.32 Å². The number of anilines is 1. The zero-order valence-electron chi connectivity index (χ0n) is 11.1. The molecule has 3 N–H and O–H groups in total. The van der Waals surface area contributed by atoms with Gasteiger partial charge in [-0.1, -0.05) is 6.92 Å². The van der Waals surface area contributed by atoms with Crippen molar-refractivity contribution in [3.8, 4) is 0 Å². The van der Waals surface area contributed by atoms with Gasteiger partial charge in [0, 0.05) is 12.1 Å². The third-order valence-corrected chi connectivity index (χ3v) is 3.36. The first-order valence-corrected chi connectivity index (χ1v) is 6.37. The van der Waals surface area contributed by atoms with E-state index in [4.69, 9.17) is 5.73 Å². The van der Waals surface area contributed by atoms with Gasteiger partial charge in [-0.05, 0) is 25.7 Å². The van der Waals surface area contributed by atoms with Crippen molar-refractivity contribution in [3.63, 3.8) is 0 Å². The van der Waals surface area contributed by atoms with Crippen molar-refractivity contribution in [2.45, 2.75) is 50.9 Å². The van der Waals surface area contributed by atoms with Crippen molar-refractivity contribution in [3.05, 3.63) is 17.6 Å². The molecule has 0 spiro atoms. The zero-order valence-corrected chi connectivity index (χ0v) is 11.9. The highest BCUT2D eigenvalue weighted by Crippen LogP contribution is 2.29. The average Bonchev–Trinajstić information content (AvgIpc) is 2.74. The van der Waals surface area contributed by atoms with Crippen LogP contribution in [0.3, 0.4) is 0 Å². The summed E-state index contributed by atoms with van der Waals surface area (Å²) in [7, 11) is 0. The van der Waals surface area contributed by atoms with Crippen molar-refractivity contribution >= 4 is 18.2 Å². The Morgan fingerprint density at radius 1 is 1.40 bits per heavy atom. The fourth-order valence-corrected chi connectivity index (χ4v) is 2.27. The highest BCUT2D eigenvalue weighted by atomic mass is 35.5. The second-order valence-corrected chi connectivity index (χ2v) is 4.75. The summed E-state index contributed by atoms with van der Waals surface area (Å²) in [6.07, 6.45) is -0.447. The summed E-state index contributed by atoms with van der Waals surface area (Å²) in [5.74, 6) is 0.415. The molecule has 20 heavy (non-hydrogen) atoms. The Hall–Kier alpha value is -1.08. The molecule has 1 aromatic rings. The Morgan fingerprint density at radius 2 is 2.10 bits per heavy atom. The number of aryl methyl sites for hydroxylation is 1. The van der Waals surface area contributed by atoms with E-state index in [-0.39, 0.29) is 24.5 Å². The monoisotopic (exact) mass is 310 g/mol. The molecule has 1 aliphatic rings. The summed E-state index contributed by atoms with van der Waals surface area (Å²) in [4.78, 5) is 7.50. The number of nitrogens with two attached hydrogens (primary N) is 1. The fraction of sp³-hybridized carbons (Fsp3) is 0.667. The molecule has 4 nitrogen and oxygen atoms in total. The minimum absolute atomic E-state index is 0. The van der Waals surface area contributed by atoms with Crippen LogP contribution in [0.4, 0.5) is 19.0 Å². The highest BCUT2D eigenvalue weighted by molar-refractivity contribution is 5.85. The lowest BCUT2D eigenvalue weighted by Crippen LogP contribution is -2.36. The molecule has 0 saturated heterocycles. The van der Waals surface area contributed by atoms with Crippen LogP contribution in [-0.4, -0.2) is 22.1 Å². The molecule has 114 valence electrons. The molecule has 1 aromatic heterocycles. The van der Waals surface area contributed by atoms with Crippen LogP contribution in [0.25, 0.3) is 0 Å². The van der Waals surface area contributed by atoms with E-state index < -0.39 is 11.9 Å². The topological polar surface area (TPSA) is 63.8 Å². The van der Waals surface area contributed by atoms with Crippen LogP contribution < -0.4 is 11.1 Å². The number of hydrogen-bond donors (Lipinski definition) is 2. The first-order valence-electron chi connectivity index (χ1n) is 6.37. The fourth-order valence-electron chi connectivity index (χ4n) is 2.27. The third kappa shape index (κ3) is 3.73. The number of aromatic nitrogens is 2. The van der Waals surface area contributed by atoms with Gasteiger partial charge in [0.15, 0.2) is 5.69 Å². The first-order chi connectivity index (χ1) is 8.91. The van der Waals surface area contributed by atoms with E-state index in [9.17, 15) is 13.2 Å². The third-order valence-electron chi connectivity index (χ3n) is 3.36. The summed E-state index contributed by atoms with van der Waals surface area (Å²) < 4.78 is 37.7. The maximum Gasteiger partial charge on any atom is 0.434 e. The molecule has 1 aliphatic carbocycles. The van der Waals surface area contributed by atoms with Crippen molar-refractivity contribution in [1.29, 1.82) is 0 Å². The lowest BCUT2D eigenvalue weighted by Gasteiger charge is -2.19. The number of halogens is 4. The first kappa shape index (κ1) is 17.0. The second-order valence-electron chi connectivity index (χ2n) is 4.75. The van der Waals surface area contributed by atoms with E-state index in [1.54, 1.807) is 6.92 Å². The van der Waals surface area contributed by atoms with E-state index >= 15 is 0 Å². The minimum atomic E-state index is -4.46. The Bertz CT molecular complexity index is 453. The maximum atomic E-state index is 12.6. The van der Waals surface area contributed by atoms with Crippen LogP contribution in [-0.2, 0) is 12.6 Å². The van der Waals surface area contributed by atoms with Crippen molar-refractivity contribution in [1.82, 2.24) is 9.97 Å². The van der Waals surface area contributed by atoms with Crippen LogP contribution in [0.2, 0.25) is 0 Å². The zero-order chi connectivity index (χ0) is 14.0. The van der Waals surface area contributed by atoms with Gasteiger partial charge >= 0.3 is 6.18 Å². The average molecular weight is 311 g/mol. The van der Waals surface area contributed by atoms with E-state index in [1.165, 1.54) is 0 Å². The molecule has 2 atom stereocenters. The SMILES string of the molecule is CCc1nc(C(F)(F)F)cnc1N[C@H]1CCC[C@@H]1N.Cl. The standard InChI is InChI=1S/C12H17F3N4.ClH/c1-2-8-11(19-9-5-3-4-7(9)16)17-6-10(18-8)12(13,14)15;/h6-7,9H,2-5,16H2,1H3,(H,17,19);1H/t7-,9-;/m0./s1. The van der Waals surface area contributed by atoms with Gasteiger partial charge in [-0.15, -0.1) is 12.4 Å². The molecule has 2 rings (SSSR count). The number of rotatable bonds is 3. The van der Waals surface area contributed by atoms with Crippen molar-refractivity contribution < 1.29 is 13.2 Å². The van der Waals surface area contributed by atoms with E-state index in [2.05, 4.69) is 15.3 Å². The predicted octanol–water partition coefficient (Wildman–Crippen LogP) is 2.77. The minimum Gasteiger partial charge on any atom is -0.364 e. The second kappa shape index (κ2) is 6.58. The predicted molar refractivity (Wildman–Crippen MR) is 72.9 cm³/mol. The summed E-state index contributed by atoms with van der Waals surface area (Å²) >= 11 is 0. The van der Waals surface area contributed by atoms with E-state index in [1.807, 2.05) is 0 Å². The molecule has 0 amide bonds.